The van der Waals surface area contributed by atoms with E-state index in [4.69, 9.17) is 9.72 Å². The van der Waals surface area contributed by atoms with Crippen molar-refractivity contribution in [1.29, 1.82) is 0 Å². The molecule has 35 heavy (non-hydrogen) atoms. The van der Waals surface area contributed by atoms with Crippen LogP contribution in [0.3, 0.4) is 0 Å². The molecule has 7 nitrogen and oxygen atoms in total. The standard InChI is InChI=1S/C28H30N4O3/c1-5-20-12-7-10-17-25(20)32-26(30-24-16-9-8-15-23(24)27(32)33)19(3)31(6-2)28(34)29-21-13-11-14-22(18-21)35-4/h7-19H,5-6H2,1-4H3,(H,29,34). The Morgan fingerprint density at radius 3 is 2.54 bits per heavy atom. The number of carbonyl (C=O) groups is 1. The van der Waals surface area contributed by atoms with Gasteiger partial charge in [0.25, 0.3) is 5.56 Å². The van der Waals surface area contributed by atoms with E-state index in [1.807, 2.05) is 68.4 Å². The van der Waals surface area contributed by atoms with Gasteiger partial charge in [0.1, 0.15) is 11.6 Å². The van der Waals surface area contributed by atoms with Gasteiger partial charge in [0, 0.05) is 18.3 Å². The highest BCUT2D eigenvalue weighted by molar-refractivity contribution is 5.90. The summed E-state index contributed by atoms with van der Waals surface area (Å²) in [4.78, 5) is 33.7. The molecule has 0 spiro atoms. The maximum atomic E-state index is 13.8. The monoisotopic (exact) mass is 470 g/mol. The Hall–Kier alpha value is -4.13. The number of fused-ring (bicyclic) bond motifs is 1. The van der Waals surface area contributed by atoms with E-state index in [0.717, 1.165) is 17.7 Å². The molecule has 7 heteroatoms. The molecule has 4 rings (SSSR count). The van der Waals surface area contributed by atoms with E-state index >= 15 is 0 Å². The van der Waals surface area contributed by atoms with Crippen molar-refractivity contribution in [2.45, 2.75) is 33.2 Å². The molecule has 3 aromatic carbocycles. The molecule has 2 amide bonds. The van der Waals surface area contributed by atoms with Gasteiger partial charge in [-0.2, -0.15) is 0 Å². The van der Waals surface area contributed by atoms with Crippen molar-refractivity contribution in [2.75, 3.05) is 19.0 Å². The second-order valence-corrected chi connectivity index (χ2v) is 8.23. The number of para-hydroxylation sites is 2. The lowest BCUT2D eigenvalue weighted by atomic mass is 10.1. The predicted octanol–water partition coefficient (Wildman–Crippen LogP) is 5.57. The summed E-state index contributed by atoms with van der Waals surface area (Å²) in [5.74, 6) is 1.16. The first-order chi connectivity index (χ1) is 17.0. The number of nitrogens with one attached hydrogen (secondary N) is 1. The number of amides is 2. The fourth-order valence-electron chi connectivity index (χ4n) is 4.32. The van der Waals surface area contributed by atoms with Crippen LogP contribution in [0.4, 0.5) is 10.5 Å². The maximum Gasteiger partial charge on any atom is 0.322 e. The number of ether oxygens (including phenoxy) is 1. The molecule has 0 bridgehead atoms. The van der Waals surface area contributed by atoms with Crippen LogP contribution in [0.15, 0.2) is 77.6 Å². The van der Waals surface area contributed by atoms with Crippen LogP contribution in [0.5, 0.6) is 5.75 Å². The Morgan fingerprint density at radius 2 is 1.80 bits per heavy atom. The first-order valence-electron chi connectivity index (χ1n) is 11.8. The smallest absolute Gasteiger partial charge is 0.322 e. The highest BCUT2D eigenvalue weighted by Gasteiger charge is 2.26. The maximum absolute atomic E-state index is 13.8. The predicted molar refractivity (Wildman–Crippen MR) is 140 cm³/mol. The number of aromatic nitrogens is 2. The number of rotatable bonds is 7. The van der Waals surface area contributed by atoms with Crippen LogP contribution in [-0.2, 0) is 6.42 Å². The molecule has 0 fully saturated rings. The molecule has 1 aromatic heterocycles. The van der Waals surface area contributed by atoms with Crippen LogP contribution < -0.4 is 15.6 Å². The van der Waals surface area contributed by atoms with Crippen molar-refractivity contribution >= 4 is 22.6 Å². The van der Waals surface area contributed by atoms with Gasteiger partial charge in [-0.1, -0.05) is 43.3 Å². The summed E-state index contributed by atoms with van der Waals surface area (Å²) in [5.41, 5.74) is 2.89. The Balaban J connectivity index is 1.82. The van der Waals surface area contributed by atoms with E-state index in [1.54, 1.807) is 34.8 Å². The Bertz CT molecular complexity index is 1410. The normalized spacial score (nSPS) is 11.8. The molecule has 0 radical (unpaired) electrons. The van der Waals surface area contributed by atoms with Gasteiger partial charge >= 0.3 is 6.03 Å². The van der Waals surface area contributed by atoms with Gasteiger partial charge in [-0.05, 0) is 56.2 Å². The summed E-state index contributed by atoms with van der Waals surface area (Å²) in [6, 6.07) is 21.6. The number of anilines is 1. The number of benzene rings is 3. The zero-order valence-corrected chi connectivity index (χ0v) is 20.5. The van der Waals surface area contributed by atoms with Crippen LogP contribution in [0, 0.1) is 0 Å². The zero-order chi connectivity index (χ0) is 24.9. The first-order valence-corrected chi connectivity index (χ1v) is 11.8. The van der Waals surface area contributed by atoms with Gasteiger partial charge < -0.3 is 15.0 Å². The van der Waals surface area contributed by atoms with Crippen LogP contribution >= 0.6 is 0 Å². The Kier molecular flexibility index (Phi) is 7.15. The largest absolute Gasteiger partial charge is 0.497 e. The van der Waals surface area contributed by atoms with Gasteiger partial charge in [0.05, 0.1) is 29.7 Å². The molecule has 1 unspecified atom stereocenters. The third-order valence-electron chi connectivity index (χ3n) is 6.18. The second-order valence-electron chi connectivity index (χ2n) is 8.23. The lowest BCUT2D eigenvalue weighted by molar-refractivity contribution is 0.193. The van der Waals surface area contributed by atoms with Gasteiger partial charge in [0.15, 0.2) is 0 Å². The Morgan fingerprint density at radius 1 is 1.06 bits per heavy atom. The number of methoxy groups -OCH3 is 1. The molecule has 0 aliphatic carbocycles. The molecule has 1 atom stereocenters. The minimum absolute atomic E-state index is 0.150. The number of hydrogen-bond acceptors (Lipinski definition) is 4. The lowest BCUT2D eigenvalue weighted by Gasteiger charge is -2.30. The van der Waals surface area contributed by atoms with Crippen LogP contribution in [0.25, 0.3) is 16.6 Å². The van der Waals surface area contributed by atoms with Crippen molar-refractivity contribution in [3.63, 3.8) is 0 Å². The average Bonchev–Trinajstić information content (AvgIpc) is 2.89. The van der Waals surface area contributed by atoms with Gasteiger partial charge in [-0.15, -0.1) is 0 Å². The fourth-order valence-corrected chi connectivity index (χ4v) is 4.32. The number of urea groups is 1. The lowest BCUT2D eigenvalue weighted by Crippen LogP contribution is -2.39. The van der Waals surface area contributed by atoms with Crippen LogP contribution in [-0.4, -0.2) is 34.1 Å². The molecule has 0 aliphatic heterocycles. The summed E-state index contributed by atoms with van der Waals surface area (Å²) in [6.45, 7) is 6.29. The second kappa shape index (κ2) is 10.4. The summed E-state index contributed by atoms with van der Waals surface area (Å²) in [5, 5.41) is 3.48. The van der Waals surface area contributed by atoms with Crippen molar-refractivity contribution in [3.8, 4) is 11.4 Å². The topological polar surface area (TPSA) is 76.5 Å². The minimum Gasteiger partial charge on any atom is -0.497 e. The van der Waals surface area contributed by atoms with E-state index in [2.05, 4.69) is 12.2 Å². The quantitative estimate of drug-likeness (QED) is 0.383. The SMILES string of the molecule is CCc1ccccc1-n1c(C(C)N(CC)C(=O)Nc2cccc(OC)c2)nc2ccccc2c1=O. The van der Waals surface area contributed by atoms with E-state index in [-0.39, 0.29) is 11.6 Å². The number of hydrogen-bond donors (Lipinski definition) is 1. The van der Waals surface area contributed by atoms with E-state index in [1.165, 1.54) is 0 Å². The summed E-state index contributed by atoms with van der Waals surface area (Å²) >= 11 is 0. The van der Waals surface area contributed by atoms with Crippen LogP contribution in [0.1, 0.15) is 38.2 Å². The number of nitrogens with zero attached hydrogens (tertiary/aromatic N) is 3. The molecular formula is C28H30N4O3. The Labute approximate surface area is 205 Å². The summed E-state index contributed by atoms with van der Waals surface area (Å²) < 4.78 is 6.93. The van der Waals surface area contributed by atoms with Crippen molar-refractivity contribution in [3.05, 3.63) is 94.5 Å². The summed E-state index contributed by atoms with van der Waals surface area (Å²) in [7, 11) is 1.58. The van der Waals surface area contributed by atoms with Crippen LogP contribution in [0.2, 0.25) is 0 Å². The molecule has 0 saturated heterocycles. The van der Waals surface area contributed by atoms with Crippen molar-refractivity contribution < 1.29 is 9.53 Å². The molecule has 4 aromatic rings. The first kappa shape index (κ1) is 24.0. The van der Waals surface area contributed by atoms with Gasteiger partial charge in [-0.25, -0.2) is 9.78 Å². The average molecular weight is 471 g/mol. The van der Waals surface area contributed by atoms with E-state index in [0.29, 0.717) is 34.7 Å². The molecular weight excluding hydrogens is 440 g/mol. The minimum atomic E-state index is -0.479. The molecule has 180 valence electrons. The fraction of sp³-hybridized carbons (Fsp3) is 0.250. The molecule has 1 heterocycles. The molecule has 1 N–H and O–H groups in total. The van der Waals surface area contributed by atoms with Crippen molar-refractivity contribution in [2.24, 2.45) is 0 Å². The van der Waals surface area contributed by atoms with E-state index < -0.39 is 6.04 Å². The molecule has 0 aliphatic rings. The summed E-state index contributed by atoms with van der Waals surface area (Å²) in [6.07, 6.45) is 0.761. The van der Waals surface area contributed by atoms with Gasteiger partial charge in [-0.3, -0.25) is 9.36 Å². The van der Waals surface area contributed by atoms with Gasteiger partial charge in [0.2, 0.25) is 0 Å². The third kappa shape index (κ3) is 4.75. The van der Waals surface area contributed by atoms with E-state index in [9.17, 15) is 9.59 Å². The highest BCUT2D eigenvalue weighted by atomic mass is 16.5. The zero-order valence-electron chi connectivity index (χ0n) is 20.5. The number of aryl methyl sites for hydroxylation is 1. The third-order valence-corrected chi connectivity index (χ3v) is 6.18. The highest BCUT2D eigenvalue weighted by Crippen LogP contribution is 2.26. The number of carbonyl (C=O) groups excluding carboxylic acids is 1. The molecule has 0 saturated carbocycles. The van der Waals surface area contributed by atoms with Crippen molar-refractivity contribution in [1.82, 2.24) is 14.5 Å².